The lowest BCUT2D eigenvalue weighted by molar-refractivity contribution is -0.136. The molecule has 13 heavy (non-hydrogen) atoms. The minimum Gasteiger partial charge on any atom is -0.481 e. The fourth-order valence-corrected chi connectivity index (χ4v) is 3.57. The Labute approximate surface area is 83.4 Å². The fourth-order valence-electron chi connectivity index (χ4n) is 1.28. The first-order chi connectivity index (χ1) is 6.16. The van der Waals surface area contributed by atoms with Crippen molar-refractivity contribution in [1.29, 1.82) is 0 Å². The molecule has 2 aromatic rings. The van der Waals surface area contributed by atoms with Gasteiger partial charge in [0.15, 0.2) is 0 Å². The molecule has 2 rings (SSSR count). The van der Waals surface area contributed by atoms with Crippen LogP contribution in [0, 0.1) is 6.92 Å². The average molecular weight is 212 g/mol. The molecule has 0 saturated heterocycles. The summed E-state index contributed by atoms with van der Waals surface area (Å²) in [5.41, 5.74) is 0.950. The zero-order valence-electron chi connectivity index (χ0n) is 7.03. The van der Waals surface area contributed by atoms with E-state index in [2.05, 4.69) is 6.07 Å². The molecular weight excluding hydrogens is 204 g/mol. The molecule has 0 fully saturated rings. The Bertz CT molecular complexity index is 453. The quantitative estimate of drug-likeness (QED) is 0.831. The summed E-state index contributed by atoms with van der Waals surface area (Å²) in [6, 6.07) is 2.11. The summed E-state index contributed by atoms with van der Waals surface area (Å²) in [5, 5.41) is 10.6. The second-order valence-corrected chi connectivity index (χ2v) is 5.05. The first-order valence-electron chi connectivity index (χ1n) is 3.85. The van der Waals surface area contributed by atoms with Crippen molar-refractivity contribution in [2.24, 2.45) is 0 Å². The van der Waals surface area contributed by atoms with Gasteiger partial charge in [-0.1, -0.05) is 0 Å². The van der Waals surface area contributed by atoms with Gasteiger partial charge in [0.05, 0.1) is 6.42 Å². The summed E-state index contributed by atoms with van der Waals surface area (Å²) >= 11 is 3.30. The maximum Gasteiger partial charge on any atom is 0.307 e. The van der Waals surface area contributed by atoms with E-state index in [1.54, 1.807) is 22.7 Å². The van der Waals surface area contributed by atoms with Crippen LogP contribution in [-0.4, -0.2) is 11.1 Å². The van der Waals surface area contributed by atoms with Crippen molar-refractivity contribution in [2.75, 3.05) is 0 Å². The molecular formula is C9H8O2S2. The molecule has 0 atom stereocenters. The second kappa shape index (κ2) is 3.12. The Kier molecular flexibility index (Phi) is 2.09. The standard InChI is InChI=1S/C9H8O2S2/c1-5-2-7-9(13-5)6(4-12-7)3-8(10)11/h2,4H,3H2,1H3,(H,10,11). The number of carbonyl (C=O) groups is 1. The van der Waals surface area contributed by atoms with Gasteiger partial charge in [-0.2, -0.15) is 0 Å². The summed E-state index contributed by atoms with van der Waals surface area (Å²) in [6.45, 7) is 2.04. The van der Waals surface area contributed by atoms with E-state index in [1.807, 2.05) is 12.3 Å². The van der Waals surface area contributed by atoms with Crippen LogP contribution in [0.2, 0.25) is 0 Å². The summed E-state index contributed by atoms with van der Waals surface area (Å²) in [4.78, 5) is 11.8. The summed E-state index contributed by atoms with van der Waals surface area (Å²) in [7, 11) is 0. The van der Waals surface area contributed by atoms with Gasteiger partial charge in [-0.05, 0) is 23.9 Å². The van der Waals surface area contributed by atoms with Crippen LogP contribution in [0.3, 0.4) is 0 Å². The Morgan fingerprint density at radius 3 is 3.08 bits per heavy atom. The maximum atomic E-state index is 10.5. The summed E-state index contributed by atoms with van der Waals surface area (Å²) < 4.78 is 2.35. The largest absolute Gasteiger partial charge is 0.481 e. The molecule has 0 unspecified atom stereocenters. The van der Waals surface area contributed by atoms with Gasteiger partial charge in [-0.25, -0.2) is 0 Å². The van der Waals surface area contributed by atoms with Crippen LogP contribution in [0.5, 0.6) is 0 Å². The van der Waals surface area contributed by atoms with Gasteiger partial charge in [0, 0.05) is 14.3 Å². The molecule has 0 amide bonds. The third-order valence-corrected chi connectivity index (χ3v) is 4.02. The molecule has 0 aliphatic heterocycles. The third kappa shape index (κ3) is 1.59. The van der Waals surface area contributed by atoms with Gasteiger partial charge in [-0.3, -0.25) is 4.79 Å². The number of hydrogen-bond donors (Lipinski definition) is 1. The minimum absolute atomic E-state index is 0.139. The van der Waals surface area contributed by atoms with Crippen molar-refractivity contribution < 1.29 is 9.90 Å². The molecule has 0 aliphatic rings. The number of carboxylic acid groups (broad SMARTS) is 1. The molecule has 2 heterocycles. The average Bonchev–Trinajstić information content (AvgIpc) is 2.51. The van der Waals surface area contributed by atoms with Gasteiger partial charge < -0.3 is 5.11 Å². The van der Waals surface area contributed by atoms with Gasteiger partial charge >= 0.3 is 5.97 Å². The van der Waals surface area contributed by atoms with E-state index >= 15 is 0 Å². The molecule has 0 radical (unpaired) electrons. The Morgan fingerprint density at radius 1 is 1.62 bits per heavy atom. The van der Waals surface area contributed by atoms with Gasteiger partial charge in [-0.15, -0.1) is 22.7 Å². The summed E-state index contributed by atoms with van der Waals surface area (Å²) in [6.07, 6.45) is 0.139. The normalized spacial score (nSPS) is 10.8. The molecule has 0 aromatic carbocycles. The molecule has 0 bridgehead atoms. The first-order valence-corrected chi connectivity index (χ1v) is 5.55. The van der Waals surface area contributed by atoms with Crippen molar-refractivity contribution >= 4 is 38.0 Å². The molecule has 0 spiro atoms. The van der Waals surface area contributed by atoms with Crippen LogP contribution in [0.1, 0.15) is 10.4 Å². The monoisotopic (exact) mass is 212 g/mol. The van der Waals surface area contributed by atoms with Crippen molar-refractivity contribution in [1.82, 2.24) is 0 Å². The Morgan fingerprint density at radius 2 is 2.38 bits per heavy atom. The van der Waals surface area contributed by atoms with Gasteiger partial charge in [0.1, 0.15) is 0 Å². The van der Waals surface area contributed by atoms with Crippen molar-refractivity contribution in [3.05, 3.63) is 21.9 Å². The molecule has 1 N–H and O–H groups in total. The van der Waals surface area contributed by atoms with E-state index in [0.29, 0.717) is 0 Å². The lowest BCUT2D eigenvalue weighted by atomic mass is 10.2. The van der Waals surface area contributed by atoms with E-state index in [-0.39, 0.29) is 6.42 Å². The van der Waals surface area contributed by atoms with E-state index in [9.17, 15) is 4.79 Å². The number of aryl methyl sites for hydroxylation is 1. The van der Waals surface area contributed by atoms with Crippen molar-refractivity contribution in [2.45, 2.75) is 13.3 Å². The van der Waals surface area contributed by atoms with E-state index in [4.69, 9.17) is 5.11 Å². The third-order valence-electron chi connectivity index (χ3n) is 1.78. The van der Waals surface area contributed by atoms with Crippen LogP contribution < -0.4 is 0 Å². The highest BCUT2D eigenvalue weighted by Gasteiger charge is 2.09. The highest BCUT2D eigenvalue weighted by atomic mass is 32.1. The SMILES string of the molecule is Cc1cc2scc(CC(=O)O)c2s1. The minimum atomic E-state index is -0.759. The Hall–Kier alpha value is -0.870. The van der Waals surface area contributed by atoms with Crippen LogP contribution in [0.25, 0.3) is 9.40 Å². The Balaban J connectivity index is 2.50. The van der Waals surface area contributed by atoms with Gasteiger partial charge in [0.2, 0.25) is 0 Å². The second-order valence-electron chi connectivity index (χ2n) is 2.88. The van der Waals surface area contributed by atoms with Crippen molar-refractivity contribution in [3.8, 4) is 0 Å². The van der Waals surface area contributed by atoms with Crippen LogP contribution in [0.15, 0.2) is 11.4 Å². The summed E-state index contributed by atoms with van der Waals surface area (Å²) in [5.74, 6) is -0.759. The van der Waals surface area contributed by atoms with Crippen LogP contribution >= 0.6 is 22.7 Å². The number of aliphatic carboxylic acids is 1. The van der Waals surface area contributed by atoms with Crippen LogP contribution in [-0.2, 0) is 11.2 Å². The van der Waals surface area contributed by atoms with Crippen molar-refractivity contribution in [3.63, 3.8) is 0 Å². The predicted molar refractivity (Wildman–Crippen MR) is 55.8 cm³/mol. The maximum absolute atomic E-state index is 10.5. The molecule has 0 saturated carbocycles. The number of carboxylic acids is 1. The zero-order chi connectivity index (χ0) is 9.42. The number of fused-ring (bicyclic) bond motifs is 1. The first kappa shape index (κ1) is 8.72. The fraction of sp³-hybridized carbons (Fsp3) is 0.222. The molecule has 68 valence electrons. The lowest BCUT2D eigenvalue weighted by Gasteiger charge is -1.89. The van der Waals surface area contributed by atoms with Crippen LogP contribution in [0.4, 0.5) is 0 Å². The smallest absolute Gasteiger partial charge is 0.307 e. The molecule has 2 nitrogen and oxygen atoms in total. The predicted octanol–water partition coefficient (Wildman–Crippen LogP) is 2.90. The molecule has 0 aliphatic carbocycles. The van der Waals surface area contributed by atoms with E-state index in [1.165, 1.54) is 9.58 Å². The number of hydrogen-bond acceptors (Lipinski definition) is 3. The molecule has 4 heteroatoms. The zero-order valence-corrected chi connectivity index (χ0v) is 8.67. The lowest BCUT2D eigenvalue weighted by Crippen LogP contribution is -1.98. The molecule has 2 aromatic heterocycles. The number of rotatable bonds is 2. The highest BCUT2D eigenvalue weighted by Crippen LogP contribution is 2.33. The topological polar surface area (TPSA) is 37.3 Å². The number of thiophene rings is 2. The van der Waals surface area contributed by atoms with E-state index < -0.39 is 5.97 Å². The highest BCUT2D eigenvalue weighted by molar-refractivity contribution is 7.27. The van der Waals surface area contributed by atoms with Gasteiger partial charge in [0.25, 0.3) is 0 Å². The van der Waals surface area contributed by atoms with E-state index in [0.717, 1.165) is 10.3 Å².